The Kier molecular flexibility index (Phi) is 5.52. The predicted molar refractivity (Wildman–Crippen MR) is 90.9 cm³/mol. The molecule has 1 nitrogen and oxygen atoms in total. The average molecular weight is 259 g/mol. The maximum atomic E-state index is 2.55. The van der Waals surface area contributed by atoms with Crippen molar-refractivity contribution in [2.45, 2.75) is 59.8 Å². The zero-order chi connectivity index (χ0) is 14.6. The summed E-state index contributed by atoms with van der Waals surface area (Å²) in [5.74, 6) is 0. The minimum Gasteiger partial charge on any atom is -0.372 e. The quantitative estimate of drug-likeness (QED) is 0.734. The molecule has 1 aromatic rings. The Hall–Kier alpha value is -0.915. The highest BCUT2D eigenvalue weighted by Gasteiger charge is 2.18. The first-order valence-corrected chi connectivity index (χ1v) is 7.67. The standard InChI is InChI=1S/C17H30BN/c1-7-9-19(10-8-2)16-13(3)11-14(12-15(16)18)17(4,5)6/h11-12H,7-10,18H2,1-6H3. The minimum atomic E-state index is 0.231. The lowest BCUT2D eigenvalue weighted by molar-refractivity contribution is 0.590. The fourth-order valence-electron chi connectivity index (χ4n) is 2.76. The molecule has 0 aliphatic carbocycles. The fraction of sp³-hybridized carbons (Fsp3) is 0.647. The van der Waals surface area contributed by atoms with Crippen molar-refractivity contribution in [3.05, 3.63) is 23.3 Å². The van der Waals surface area contributed by atoms with Crippen LogP contribution in [0, 0.1) is 6.92 Å². The van der Waals surface area contributed by atoms with Gasteiger partial charge in [-0.25, -0.2) is 0 Å². The summed E-state index contributed by atoms with van der Waals surface area (Å²) in [4.78, 5) is 2.55. The highest BCUT2D eigenvalue weighted by Crippen LogP contribution is 2.26. The number of aryl methyl sites for hydroxylation is 1. The maximum Gasteiger partial charge on any atom is 0.142 e. The van der Waals surface area contributed by atoms with Crippen molar-refractivity contribution in [1.29, 1.82) is 0 Å². The van der Waals surface area contributed by atoms with Crippen LogP contribution in [0.2, 0.25) is 0 Å². The van der Waals surface area contributed by atoms with E-state index in [0.717, 1.165) is 13.1 Å². The van der Waals surface area contributed by atoms with Crippen LogP contribution in [0.3, 0.4) is 0 Å². The second-order valence-corrected chi connectivity index (χ2v) is 6.70. The summed E-state index contributed by atoms with van der Waals surface area (Å²) < 4.78 is 0. The lowest BCUT2D eigenvalue weighted by Crippen LogP contribution is -2.31. The van der Waals surface area contributed by atoms with Crippen molar-refractivity contribution in [3.8, 4) is 0 Å². The molecule has 0 saturated heterocycles. The molecule has 0 fully saturated rings. The normalized spacial score (nSPS) is 11.7. The van der Waals surface area contributed by atoms with E-state index in [1.165, 1.54) is 35.1 Å². The van der Waals surface area contributed by atoms with Gasteiger partial charge in [0, 0.05) is 18.8 Å². The van der Waals surface area contributed by atoms with Gasteiger partial charge in [0.05, 0.1) is 0 Å². The molecular weight excluding hydrogens is 229 g/mol. The Morgan fingerprint density at radius 3 is 1.95 bits per heavy atom. The zero-order valence-electron chi connectivity index (χ0n) is 13.9. The van der Waals surface area contributed by atoms with Gasteiger partial charge in [0.25, 0.3) is 0 Å². The first kappa shape index (κ1) is 16.1. The van der Waals surface area contributed by atoms with E-state index in [9.17, 15) is 0 Å². The first-order chi connectivity index (χ1) is 8.81. The number of benzene rings is 1. The Labute approximate surface area is 120 Å². The third kappa shape index (κ3) is 4.02. The van der Waals surface area contributed by atoms with Gasteiger partial charge in [-0.3, -0.25) is 0 Å². The second-order valence-electron chi connectivity index (χ2n) is 6.70. The van der Waals surface area contributed by atoms with Gasteiger partial charge < -0.3 is 4.90 Å². The van der Waals surface area contributed by atoms with Crippen LogP contribution in [0.5, 0.6) is 0 Å². The largest absolute Gasteiger partial charge is 0.372 e. The van der Waals surface area contributed by atoms with Gasteiger partial charge in [0.15, 0.2) is 0 Å². The van der Waals surface area contributed by atoms with Crippen molar-refractivity contribution in [3.63, 3.8) is 0 Å². The van der Waals surface area contributed by atoms with E-state index in [-0.39, 0.29) is 5.41 Å². The van der Waals surface area contributed by atoms with Crippen LogP contribution in [0.15, 0.2) is 12.1 Å². The topological polar surface area (TPSA) is 3.24 Å². The van der Waals surface area contributed by atoms with Crippen molar-refractivity contribution in [2.24, 2.45) is 0 Å². The molecule has 19 heavy (non-hydrogen) atoms. The van der Waals surface area contributed by atoms with Crippen LogP contribution < -0.4 is 10.4 Å². The Bertz CT molecular complexity index is 389. The van der Waals surface area contributed by atoms with Crippen LogP contribution in [0.4, 0.5) is 5.69 Å². The molecule has 0 radical (unpaired) electrons. The highest BCUT2D eigenvalue weighted by atomic mass is 15.1. The number of rotatable bonds is 5. The van der Waals surface area contributed by atoms with Gasteiger partial charge in [-0.1, -0.05) is 52.2 Å². The Morgan fingerprint density at radius 1 is 1.05 bits per heavy atom. The number of hydrogen-bond donors (Lipinski definition) is 0. The summed E-state index contributed by atoms with van der Waals surface area (Å²) in [5, 5.41) is 0. The number of nitrogens with zero attached hydrogens (tertiary/aromatic N) is 1. The zero-order valence-corrected chi connectivity index (χ0v) is 13.9. The van der Waals surface area contributed by atoms with Crippen molar-refractivity contribution in [1.82, 2.24) is 0 Å². The Balaban J connectivity index is 3.21. The third-order valence-electron chi connectivity index (χ3n) is 3.66. The molecule has 0 saturated carbocycles. The molecule has 0 bridgehead atoms. The molecule has 0 aliphatic rings. The summed E-state index contributed by atoms with van der Waals surface area (Å²) in [5.41, 5.74) is 5.98. The molecular formula is C17H30BN. The molecule has 1 rings (SSSR count). The first-order valence-electron chi connectivity index (χ1n) is 7.67. The van der Waals surface area contributed by atoms with E-state index in [1.807, 2.05) is 0 Å². The molecule has 0 heterocycles. The van der Waals surface area contributed by atoms with Crippen LogP contribution in [-0.2, 0) is 5.41 Å². The number of anilines is 1. The molecule has 0 atom stereocenters. The van der Waals surface area contributed by atoms with E-state index >= 15 is 0 Å². The van der Waals surface area contributed by atoms with Gasteiger partial charge >= 0.3 is 0 Å². The average Bonchev–Trinajstić information content (AvgIpc) is 2.27. The summed E-state index contributed by atoms with van der Waals surface area (Å²) in [6.45, 7) is 16.0. The molecule has 1 aromatic carbocycles. The summed E-state index contributed by atoms with van der Waals surface area (Å²) >= 11 is 0. The Morgan fingerprint density at radius 2 is 1.58 bits per heavy atom. The molecule has 106 valence electrons. The minimum absolute atomic E-state index is 0.231. The fourth-order valence-corrected chi connectivity index (χ4v) is 2.76. The molecule has 0 unspecified atom stereocenters. The summed E-state index contributed by atoms with van der Waals surface area (Å²) in [7, 11) is 2.26. The predicted octanol–water partition coefficient (Wildman–Crippen LogP) is 3.18. The van der Waals surface area contributed by atoms with E-state index in [4.69, 9.17) is 0 Å². The molecule has 0 spiro atoms. The van der Waals surface area contributed by atoms with E-state index in [0.29, 0.717) is 0 Å². The highest BCUT2D eigenvalue weighted by molar-refractivity contribution is 6.36. The second kappa shape index (κ2) is 6.50. The SMILES string of the molecule is Bc1cc(C(C)(C)C)cc(C)c1N(CCC)CCC. The van der Waals surface area contributed by atoms with Gasteiger partial charge in [0.2, 0.25) is 0 Å². The smallest absolute Gasteiger partial charge is 0.142 e. The van der Waals surface area contributed by atoms with Crippen LogP contribution in [0.25, 0.3) is 0 Å². The van der Waals surface area contributed by atoms with Crippen LogP contribution in [0.1, 0.15) is 58.6 Å². The molecule has 0 N–H and O–H groups in total. The monoisotopic (exact) mass is 259 g/mol. The van der Waals surface area contributed by atoms with Gasteiger partial charge in [0.1, 0.15) is 7.85 Å². The third-order valence-corrected chi connectivity index (χ3v) is 3.66. The lowest BCUT2D eigenvalue weighted by atomic mass is 9.80. The molecule has 0 aromatic heterocycles. The van der Waals surface area contributed by atoms with Crippen molar-refractivity contribution >= 4 is 19.0 Å². The molecule has 2 heteroatoms. The summed E-state index contributed by atoms with van der Waals surface area (Å²) in [6.07, 6.45) is 2.42. The van der Waals surface area contributed by atoms with Crippen LogP contribution in [-0.4, -0.2) is 20.9 Å². The maximum absolute atomic E-state index is 2.55. The van der Waals surface area contributed by atoms with Crippen molar-refractivity contribution < 1.29 is 0 Å². The van der Waals surface area contributed by atoms with E-state index in [2.05, 4.69) is 66.4 Å². The van der Waals surface area contributed by atoms with E-state index < -0.39 is 0 Å². The van der Waals surface area contributed by atoms with E-state index in [1.54, 1.807) is 0 Å². The lowest BCUT2D eigenvalue weighted by Gasteiger charge is -2.30. The van der Waals surface area contributed by atoms with Gasteiger partial charge in [-0.15, -0.1) is 0 Å². The summed E-state index contributed by atoms with van der Waals surface area (Å²) in [6, 6.07) is 4.75. The van der Waals surface area contributed by atoms with Crippen molar-refractivity contribution in [2.75, 3.05) is 18.0 Å². The molecule has 0 aliphatic heterocycles. The van der Waals surface area contributed by atoms with Gasteiger partial charge in [-0.2, -0.15) is 0 Å². The number of hydrogen-bond acceptors (Lipinski definition) is 1. The van der Waals surface area contributed by atoms with Gasteiger partial charge in [-0.05, 0) is 36.3 Å². The van der Waals surface area contributed by atoms with Crippen LogP contribution >= 0.6 is 0 Å². The molecule has 0 amide bonds.